The van der Waals surface area contributed by atoms with Gasteiger partial charge in [0.2, 0.25) is 0 Å². The van der Waals surface area contributed by atoms with Crippen molar-refractivity contribution in [2.45, 2.75) is 61.9 Å². The number of rotatable bonds is 6. The SMILES string of the molecule is CSC1(Cn2c(C(C)(C)C)cnc2SCC(=O)O)CCC1. The van der Waals surface area contributed by atoms with Gasteiger partial charge in [-0.3, -0.25) is 4.79 Å². The molecule has 1 aliphatic rings. The summed E-state index contributed by atoms with van der Waals surface area (Å²) in [6.07, 6.45) is 7.85. The van der Waals surface area contributed by atoms with Crippen LogP contribution < -0.4 is 0 Å². The van der Waals surface area contributed by atoms with Gasteiger partial charge in [0.05, 0.1) is 5.75 Å². The van der Waals surface area contributed by atoms with Crippen molar-refractivity contribution in [3.05, 3.63) is 11.9 Å². The number of carboxylic acids is 1. The Morgan fingerprint density at radius 2 is 2.14 bits per heavy atom. The lowest BCUT2D eigenvalue weighted by molar-refractivity contribution is -0.133. The van der Waals surface area contributed by atoms with E-state index >= 15 is 0 Å². The molecule has 1 aromatic heterocycles. The van der Waals surface area contributed by atoms with E-state index in [1.54, 1.807) is 0 Å². The van der Waals surface area contributed by atoms with E-state index in [1.165, 1.54) is 36.7 Å². The van der Waals surface area contributed by atoms with Crippen molar-refractivity contribution >= 4 is 29.5 Å². The molecule has 0 radical (unpaired) electrons. The van der Waals surface area contributed by atoms with E-state index in [0.717, 1.165) is 11.7 Å². The molecule has 1 aromatic rings. The second-order valence-electron chi connectivity index (χ2n) is 6.69. The molecule has 6 heteroatoms. The normalized spacial score (nSPS) is 17.5. The zero-order valence-corrected chi connectivity index (χ0v) is 14.8. The molecule has 21 heavy (non-hydrogen) atoms. The van der Waals surface area contributed by atoms with Crippen LogP contribution in [0.3, 0.4) is 0 Å². The van der Waals surface area contributed by atoms with E-state index in [0.29, 0.717) is 4.75 Å². The number of aliphatic carboxylic acids is 1. The summed E-state index contributed by atoms with van der Waals surface area (Å²) < 4.78 is 2.56. The summed E-state index contributed by atoms with van der Waals surface area (Å²) in [6, 6.07) is 0. The molecule has 0 aliphatic heterocycles. The first-order valence-electron chi connectivity index (χ1n) is 7.23. The fourth-order valence-corrected chi connectivity index (χ4v) is 4.29. The first-order chi connectivity index (χ1) is 9.77. The Morgan fingerprint density at radius 3 is 2.57 bits per heavy atom. The quantitative estimate of drug-likeness (QED) is 0.808. The van der Waals surface area contributed by atoms with E-state index in [2.05, 4.69) is 36.6 Å². The molecular formula is C15H24N2O2S2. The van der Waals surface area contributed by atoms with Crippen LogP contribution in [0.1, 0.15) is 45.7 Å². The maximum Gasteiger partial charge on any atom is 0.313 e. The number of carboxylic acid groups (broad SMARTS) is 1. The van der Waals surface area contributed by atoms with Crippen LogP contribution in [0.5, 0.6) is 0 Å². The third-order valence-electron chi connectivity index (χ3n) is 4.06. The average Bonchev–Trinajstić information content (AvgIpc) is 2.73. The van der Waals surface area contributed by atoms with Crippen LogP contribution in [0.2, 0.25) is 0 Å². The minimum Gasteiger partial charge on any atom is -0.481 e. The molecule has 0 spiro atoms. The van der Waals surface area contributed by atoms with Crippen LogP contribution in [-0.4, -0.2) is 37.4 Å². The third kappa shape index (κ3) is 3.77. The Bertz CT molecular complexity index is 511. The topological polar surface area (TPSA) is 55.1 Å². The van der Waals surface area contributed by atoms with Gasteiger partial charge in [-0.1, -0.05) is 39.0 Å². The van der Waals surface area contributed by atoms with E-state index in [9.17, 15) is 4.79 Å². The predicted molar refractivity (Wildman–Crippen MR) is 89.4 cm³/mol. The van der Waals surface area contributed by atoms with Gasteiger partial charge in [0.15, 0.2) is 5.16 Å². The van der Waals surface area contributed by atoms with Gasteiger partial charge in [0, 0.05) is 28.6 Å². The standard InChI is InChI=1S/C15H24N2O2S2/c1-14(2,3)11-8-16-13(21-9-12(18)19)17(11)10-15(20-4)6-5-7-15/h8H,5-7,9-10H2,1-4H3,(H,18,19). The van der Waals surface area contributed by atoms with Gasteiger partial charge in [0.1, 0.15) is 0 Å². The van der Waals surface area contributed by atoms with Crippen LogP contribution in [0, 0.1) is 0 Å². The lowest BCUT2D eigenvalue weighted by atomic mass is 9.83. The maximum atomic E-state index is 10.8. The summed E-state index contributed by atoms with van der Waals surface area (Å²) in [5, 5.41) is 9.74. The molecule has 0 saturated heterocycles. The monoisotopic (exact) mass is 328 g/mol. The highest BCUT2D eigenvalue weighted by molar-refractivity contribution is 8.00. The molecule has 0 bridgehead atoms. The number of hydrogen-bond acceptors (Lipinski definition) is 4. The lowest BCUT2D eigenvalue weighted by Gasteiger charge is -2.42. The Balaban J connectivity index is 2.29. The first-order valence-corrected chi connectivity index (χ1v) is 9.44. The first kappa shape index (κ1) is 16.7. The second-order valence-corrected chi connectivity index (χ2v) is 8.90. The van der Waals surface area contributed by atoms with Gasteiger partial charge >= 0.3 is 5.97 Å². The molecule has 118 valence electrons. The Morgan fingerprint density at radius 1 is 1.48 bits per heavy atom. The number of thioether (sulfide) groups is 2. The molecule has 0 atom stereocenters. The minimum absolute atomic E-state index is 0.0123. The Hall–Kier alpha value is -0.620. The summed E-state index contributed by atoms with van der Waals surface area (Å²) in [5.74, 6) is -0.734. The molecule has 1 saturated carbocycles. The summed E-state index contributed by atoms with van der Waals surface area (Å²) in [5.41, 5.74) is 1.20. The van der Waals surface area contributed by atoms with Crippen LogP contribution >= 0.6 is 23.5 Å². The number of carbonyl (C=O) groups is 1. The molecule has 1 aliphatic carbocycles. The van der Waals surface area contributed by atoms with Gasteiger partial charge in [0.25, 0.3) is 0 Å². The Kier molecular flexibility index (Phi) is 4.98. The zero-order chi connectivity index (χ0) is 15.7. The van der Waals surface area contributed by atoms with Crippen molar-refractivity contribution in [3.63, 3.8) is 0 Å². The fraction of sp³-hybridized carbons (Fsp3) is 0.733. The van der Waals surface area contributed by atoms with Crippen LogP contribution in [-0.2, 0) is 16.8 Å². The van der Waals surface area contributed by atoms with E-state index in [1.807, 2.05) is 18.0 Å². The molecular weight excluding hydrogens is 304 g/mol. The fourth-order valence-electron chi connectivity index (χ4n) is 2.64. The van der Waals surface area contributed by atoms with Crippen molar-refractivity contribution in [2.24, 2.45) is 0 Å². The van der Waals surface area contributed by atoms with E-state index in [4.69, 9.17) is 5.11 Å². The summed E-state index contributed by atoms with van der Waals surface area (Å²) in [4.78, 5) is 15.3. The summed E-state index contributed by atoms with van der Waals surface area (Å²) in [6.45, 7) is 7.47. The summed E-state index contributed by atoms with van der Waals surface area (Å²) in [7, 11) is 0. The van der Waals surface area contributed by atoms with Crippen LogP contribution in [0.25, 0.3) is 0 Å². The number of imidazole rings is 1. The molecule has 1 fully saturated rings. The molecule has 4 nitrogen and oxygen atoms in total. The van der Waals surface area contributed by atoms with Gasteiger partial charge < -0.3 is 9.67 Å². The maximum absolute atomic E-state index is 10.8. The van der Waals surface area contributed by atoms with E-state index < -0.39 is 5.97 Å². The van der Waals surface area contributed by atoms with Crippen molar-refractivity contribution in [1.29, 1.82) is 0 Å². The molecule has 0 amide bonds. The van der Waals surface area contributed by atoms with Gasteiger partial charge in [-0.15, -0.1) is 0 Å². The second kappa shape index (κ2) is 6.24. The molecule has 2 rings (SSSR count). The Labute approximate surface area is 135 Å². The number of nitrogens with zero attached hydrogens (tertiary/aromatic N) is 2. The number of hydrogen-bond donors (Lipinski definition) is 1. The molecule has 1 N–H and O–H groups in total. The highest BCUT2D eigenvalue weighted by Crippen LogP contribution is 2.45. The zero-order valence-electron chi connectivity index (χ0n) is 13.2. The lowest BCUT2D eigenvalue weighted by Crippen LogP contribution is -2.39. The largest absolute Gasteiger partial charge is 0.481 e. The van der Waals surface area contributed by atoms with Crippen LogP contribution in [0.4, 0.5) is 0 Å². The molecule has 1 heterocycles. The highest BCUT2D eigenvalue weighted by atomic mass is 32.2. The highest BCUT2D eigenvalue weighted by Gasteiger charge is 2.38. The van der Waals surface area contributed by atoms with Crippen molar-refractivity contribution < 1.29 is 9.90 Å². The van der Waals surface area contributed by atoms with Crippen molar-refractivity contribution in [1.82, 2.24) is 9.55 Å². The average molecular weight is 329 g/mol. The minimum atomic E-state index is -0.796. The van der Waals surface area contributed by atoms with E-state index in [-0.39, 0.29) is 11.2 Å². The molecule has 0 aromatic carbocycles. The smallest absolute Gasteiger partial charge is 0.313 e. The predicted octanol–water partition coefficient (Wildman–Crippen LogP) is 3.64. The van der Waals surface area contributed by atoms with Crippen molar-refractivity contribution in [2.75, 3.05) is 12.0 Å². The number of aromatic nitrogens is 2. The van der Waals surface area contributed by atoms with Gasteiger partial charge in [-0.05, 0) is 19.1 Å². The van der Waals surface area contributed by atoms with Gasteiger partial charge in [-0.2, -0.15) is 11.8 Å². The van der Waals surface area contributed by atoms with Gasteiger partial charge in [-0.25, -0.2) is 4.98 Å². The third-order valence-corrected chi connectivity index (χ3v) is 6.43. The summed E-state index contributed by atoms with van der Waals surface area (Å²) >= 11 is 3.26. The molecule has 0 unspecified atom stereocenters. The van der Waals surface area contributed by atoms with Crippen molar-refractivity contribution in [3.8, 4) is 0 Å². The van der Waals surface area contributed by atoms with Crippen LogP contribution in [0.15, 0.2) is 11.4 Å².